The molecule has 0 saturated carbocycles. The van der Waals surface area contributed by atoms with Crippen LogP contribution in [0.1, 0.15) is 24.1 Å². The molecule has 0 bridgehead atoms. The predicted octanol–water partition coefficient (Wildman–Crippen LogP) is 2.63. The van der Waals surface area contributed by atoms with Crippen LogP contribution in [-0.4, -0.2) is 15.7 Å². The molecular weight excluding hydrogens is 280 g/mol. The van der Waals surface area contributed by atoms with E-state index in [0.717, 1.165) is 41.3 Å². The van der Waals surface area contributed by atoms with Crippen LogP contribution in [0.15, 0.2) is 47.7 Å². The zero-order valence-corrected chi connectivity index (χ0v) is 12.3. The molecule has 0 spiro atoms. The lowest BCUT2D eigenvalue weighted by Gasteiger charge is -2.14. The van der Waals surface area contributed by atoms with Gasteiger partial charge in [0.25, 0.3) is 0 Å². The molecule has 3 aromatic rings. The van der Waals surface area contributed by atoms with E-state index in [-0.39, 0.29) is 0 Å². The van der Waals surface area contributed by atoms with Gasteiger partial charge in [0.15, 0.2) is 0 Å². The van der Waals surface area contributed by atoms with E-state index in [0.29, 0.717) is 0 Å². The summed E-state index contributed by atoms with van der Waals surface area (Å²) in [5, 5.41) is 5.62. The standard InChI is InChI=1S/C16H14N4S/c1-2-9-14-12(7-1)18-16(21-14)20-19-13-8-3-5-11-6-4-10-17-15(11)13/h1-2,4,6-7,9-10H,3,5,8H2,(H,18,20)/p+1/b19-13+. The van der Waals surface area contributed by atoms with Gasteiger partial charge in [-0.15, -0.1) is 0 Å². The summed E-state index contributed by atoms with van der Waals surface area (Å²) in [7, 11) is 0. The quantitative estimate of drug-likeness (QED) is 0.583. The maximum atomic E-state index is 4.67. The Balaban J connectivity index is 1.64. The largest absolute Gasteiger partial charge is 0.310 e. The molecule has 2 aromatic heterocycles. The van der Waals surface area contributed by atoms with Gasteiger partial charge in [0.2, 0.25) is 0 Å². The number of rotatable bonds is 2. The summed E-state index contributed by atoms with van der Waals surface area (Å²) in [5.41, 5.74) is 6.36. The van der Waals surface area contributed by atoms with Gasteiger partial charge in [-0.25, -0.2) is 0 Å². The number of nitrogens with zero attached hydrogens (tertiary/aromatic N) is 3. The molecule has 2 heterocycles. The molecule has 4 rings (SSSR count). The molecule has 0 aliphatic heterocycles. The van der Waals surface area contributed by atoms with Gasteiger partial charge in [0, 0.05) is 6.20 Å². The molecule has 4 nitrogen and oxygen atoms in total. The van der Waals surface area contributed by atoms with Crippen molar-refractivity contribution in [1.82, 2.24) is 9.97 Å². The van der Waals surface area contributed by atoms with Crippen LogP contribution < -0.4 is 5.43 Å². The summed E-state index contributed by atoms with van der Waals surface area (Å²) in [4.78, 5) is 9.08. The van der Waals surface area contributed by atoms with Gasteiger partial charge in [-0.2, -0.15) is 10.4 Å². The maximum absolute atomic E-state index is 4.67. The Labute approximate surface area is 126 Å². The zero-order chi connectivity index (χ0) is 14.1. The number of fused-ring (bicyclic) bond motifs is 2. The van der Waals surface area contributed by atoms with Crippen molar-refractivity contribution in [3.8, 4) is 0 Å². The Kier molecular flexibility index (Phi) is 3.21. The van der Waals surface area contributed by atoms with E-state index in [1.54, 1.807) is 11.3 Å². The van der Waals surface area contributed by atoms with Crippen molar-refractivity contribution in [2.24, 2.45) is 5.10 Å². The van der Waals surface area contributed by atoms with Crippen molar-refractivity contribution in [2.45, 2.75) is 19.3 Å². The van der Waals surface area contributed by atoms with Gasteiger partial charge in [-0.1, -0.05) is 34.6 Å². The molecule has 0 amide bonds. The summed E-state index contributed by atoms with van der Waals surface area (Å²) >= 11 is 1.67. The lowest BCUT2D eigenvalue weighted by molar-refractivity contribution is -0.577. The fourth-order valence-electron chi connectivity index (χ4n) is 2.67. The molecule has 1 aromatic carbocycles. The smallest absolute Gasteiger partial charge is 0.254 e. The minimum Gasteiger partial charge on any atom is -0.254 e. The van der Waals surface area contributed by atoms with E-state index in [4.69, 9.17) is 0 Å². The highest BCUT2D eigenvalue weighted by atomic mass is 32.1. The lowest BCUT2D eigenvalue weighted by Crippen LogP contribution is -2.71. The van der Waals surface area contributed by atoms with Gasteiger partial charge in [-0.05, 0) is 43.0 Å². The lowest BCUT2D eigenvalue weighted by atomic mass is 9.95. The number of aromatic nitrogens is 2. The number of thiazole rings is 1. The van der Waals surface area contributed by atoms with E-state index in [2.05, 4.69) is 27.2 Å². The van der Waals surface area contributed by atoms with Gasteiger partial charge < -0.3 is 0 Å². The topological polar surface area (TPSA) is 54.8 Å². The fraction of sp³-hybridized carbons (Fsp3) is 0.188. The normalized spacial score (nSPS) is 16.3. The molecule has 0 atom stereocenters. The van der Waals surface area contributed by atoms with E-state index in [9.17, 15) is 0 Å². The average molecular weight is 295 g/mol. The first kappa shape index (κ1) is 12.6. The van der Waals surface area contributed by atoms with Crippen LogP contribution in [-0.2, 0) is 6.42 Å². The van der Waals surface area contributed by atoms with E-state index < -0.39 is 0 Å². The van der Waals surface area contributed by atoms with Gasteiger partial charge >= 0.3 is 5.13 Å². The third-order valence-corrected chi connectivity index (χ3v) is 4.64. The third-order valence-electron chi connectivity index (χ3n) is 3.67. The summed E-state index contributed by atoms with van der Waals surface area (Å²) in [6, 6.07) is 12.3. The molecule has 0 unspecified atom stereocenters. The van der Waals surface area contributed by atoms with Gasteiger partial charge in [0.1, 0.15) is 5.71 Å². The molecule has 104 valence electrons. The number of benzene rings is 1. The van der Waals surface area contributed by atoms with Crippen molar-refractivity contribution in [3.05, 3.63) is 53.9 Å². The SMILES string of the molecule is c1cnc2c(c1)CCC/C2=N\[NH2+]c1nc2ccccc2s1. The number of hydrogen-bond acceptors (Lipinski definition) is 4. The van der Waals surface area contributed by atoms with E-state index in [1.807, 2.05) is 35.9 Å². The molecule has 1 aliphatic rings. The van der Waals surface area contributed by atoms with E-state index in [1.165, 1.54) is 10.3 Å². The first-order chi connectivity index (χ1) is 10.4. The number of nitrogens with two attached hydrogens (primary N) is 1. The Bertz CT molecular complexity index is 789. The molecule has 21 heavy (non-hydrogen) atoms. The van der Waals surface area contributed by atoms with Gasteiger partial charge in [0.05, 0.1) is 15.9 Å². The van der Waals surface area contributed by atoms with Crippen LogP contribution in [0.3, 0.4) is 0 Å². The summed E-state index contributed by atoms with van der Waals surface area (Å²) in [6.45, 7) is 0. The predicted molar refractivity (Wildman–Crippen MR) is 84.9 cm³/mol. The Hall–Kier alpha value is -2.11. The molecule has 0 saturated heterocycles. The molecule has 2 N–H and O–H groups in total. The second kappa shape index (κ2) is 5.35. The number of para-hydroxylation sites is 1. The highest BCUT2D eigenvalue weighted by molar-refractivity contribution is 7.21. The van der Waals surface area contributed by atoms with Crippen molar-refractivity contribution in [2.75, 3.05) is 0 Å². The fourth-order valence-corrected chi connectivity index (χ4v) is 3.51. The van der Waals surface area contributed by atoms with Crippen LogP contribution in [0.4, 0.5) is 5.13 Å². The molecule has 0 radical (unpaired) electrons. The first-order valence-electron chi connectivity index (χ1n) is 7.10. The summed E-state index contributed by atoms with van der Waals surface area (Å²) in [5.74, 6) is 0. The monoisotopic (exact) mass is 295 g/mol. The number of aryl methyl sites for hydroxylation is 1. The number of hydrogen-bond donors (Lipinski definition) is 1. The van der Waals surface area contributed by atoms with Crippen molar-refractivity contribution < 1.29 is 5.43 Å². The maximum Gasteiger partial charge on any atom is 0.310 e. The zero-order valence-electron chi connectivity index (χ0n) is 11.5. The Morgan fingerprint density at radius 2 is 2.05 bits per heavy atom. The minimum atomic E-state index is 0.951. The second-order valence-electron chi connectivity index (χ2n) is 5.09. The number of pyridine rings is 1. The first-order valence-corrected chi connectivity index (χ1v) is 7.91. The highest BCUT2D eigenvalue weighted by Gasteiger charge is 2.18. The number of quaternary nitrogens is 1. The van der Waals surface area contributed by atoms with Crippen molar-refractivity contribution in [3.63, 3.8) is 0 Å². The van der Waals surface area contributed by atoms with Crippen molar-refractivity contribution in [1.29, 1.82) is 0 Å². The average Bonchev–Trinajstić information content (AvgIpc) is 2.96. The molecule has 5 heteroatoms. The summed E-state index contributed by atoms with van der Waals surface area (Å²) < 4.78 is 1.20. The van der Waals surface area contributed by atoms with Crippen LogP contribution in [0.5, 0.6) is 0 Å². The van der Waals surface area contributed by atoms with Gasteiger partial charge in [-0.3, -0.25) is 4.98 Å². The second-order valence-corrected chi connectivity index (χ2v) is 6.15. The third kappa shape index (κ3) is 2.46. The Morgan fingerprint density at radius 1 is 1.10 bits per heavy atom. The molecule has 0 fully saturated rings. The minimum absolute atomic E-state index is 0.951. The summed E-state index contributed by atoms with van der Waals surface area (Å²) in [6.07, 6.45) is 5.08. The highest BCUT2D eigenvalue weighted by Crippen LogP contribution is 2.22. The van der Waals surface area contributed by atoms with Crippen LogP contribution >= 0.6 is 11.3 Å². The van der Waals surface area contributed by atoms with Crippen molar-refractivity contribution >= 4 is 32.4 Å². The van der Waals surface area contributed by atoms with Crippen LogP contribution in [0.2, 0.25) is 0 Å². The van der Waals surface area contributed by atoms with Crippen LogP contribution in [0.25, 0.3) is 10.2 Å². The molecular formula is C16H15N4S+. The van der Waals surface area contributed by atoms with E-state index >= 15 is 0 Å². The molecule has 1 aliphatic carbocycles. The van der Waals surface area contributed by atoms with Crippen LogP contribution in [0, 0.1) is 0 Å². The Morgan fingerprint density at radius 3 is 3.00 bits per heavy atom.